The second-order valence-electron chi connectivity index (χ2n) is 7.30. The molecule has 1 aliphatic rings. The van der Waals surface area contributed by atoms with Crippen LogP contribution in [0.2, 0.25) is 0 Å². The van der Waals surface area contributed by atoms with Gasteiger partial charge < -0.3 is 10.2 Å². The van der Waals surface area contributed by atoms with Crippen LogP contribution < -0.4 is 5.32 Å². The Hall–Kier alpha value is -2.83. The van der Waals surface area contributed by atoms with Crippen LogP contribution in [0.4, 0.5) is 13.2 Å². The molecule has 28 heavy (non-hydrogen) atoms. The number of amides is 2. The average Bonchev–Trinajstić information content (AvgIpc) is 2.66. The molecule has 148 valence electrons. The van der Waals surface area contributed by atoms with E-state index in [4.69, 9.17) is 0 Å². The van der Waals surface area contributed by atoms with Crippen LogP contribution in [0, 0.1) is 22.9 Å². The highest BCUT2D eigenvalue weighted by Crippen LogP contribution is 2.31. The highest BCUT2D eigenvalue weighted by molar-refractivity contribution is 5.95. The van der Waals surface area contributed by atoms with Gasteiger partial charge in [-0.25, -0.2) is 13.2 Å². The van der Waals surface area contributed by atoms with Gasteiger partial charge in [-0.2, -0.15) is 0 Å². The minimum absolute atomic E-state index is 0.0502. The van der Waals surface area contributed by atoms with Crippen LogP contribution in [-0.4, -0.2) is 29.8 Å². The summed E-state index contributed by atoms with van der Waals surface area (Å²) in [5, 5.41) is 2.77. The monoisotopic (exact) mass is 390 g/mol. The van der Waals surface area contributed by atoms with Gasteiger partial charge in [0.05, 0.1) is 5.41 Å². The zero-order chi connectivity index (χ0) is 20.3. The lowest BCUT2D eigenvalue weighted by molar-refractivity contribution is -0.132. The third kappa shape index (κ3) is 4.18. The molecule has 4 nitrogen and oxygen atoms in total. The largest absolute Gasteiger partial charge is 0.351 e. The summed E-state index contributed by atoms with van der Waals surface area (Å²) >= 11 is 0. The Kier molecular flexibility index (Phi) is 5.72. The first kappa shape index (κ1) is 19.9. The van der Waals surface area contributed by atoms with Gasteiger partial charge in [0.2, 0.25) is 5.91 Å². The van der Waals surface area contributed by atoms with E-state index in [-0.39, 0.29) is 24.8 Å². The molecule has 1 aliphatic heterocycles. The molecule has 1 unspecified atom stereocenters. The molecule has 0 spiro atoms. The second kappa shape index (κ2) is 8.04. The number of benzene rings is 2. The number of nitrogens with zero attached hydrogens (tertiary/aromatic N) is 1. The molecule has 0 radical (unpaired) electrons. The van der Waals surface area contributed by atoms with Crippen molar-refractivity contribution in [2.24, 2.45) is 5.41 Å². The molecule has 1 fully saturated rings. The number of halogens is 3. The summed E-state index contributed by atoms with van der Waals surface area (Å²) in [5.41, 5.74) is -0.885. The maximum absolute atomic E-state index is 14.0. The van der Waals surface area contributed by atoms with E-state index in [0.29, 0.717) is 24.9 Å². The van der Waals surface area contributed by atoms with E-state index in [1.807, 2.05) is 0 Å². The third-order valence-electron chi connectivity index (χ3n) is 5.05. The molecule has 1 N–H and O–H groups in total. The lowest BCUT2D eigenvalue weighted by Gasteiger charge is -2.39. The predicted molar refractivity (Wildman–Crippen MR) is 97.8 cm³/mol. The van der Waals surface area contributed by atoms with Crippen molar-refractivity contribution in [1.82, 2.24) is 10.2 Å². The molecule has 1 atom stereocenters. The highest BCUT2D eigenvalue weighted by atomic mass is 19.1. The van der Waals surface area contributed by atoms with E-state index < -0.39 is 28.5 Å². The van der Waals surface area contributed by atoms with Crippen LogP contribution in [0.15, 0.2) is 42.5 Å². The van der Waals surface area contributed by atoms with E-state index in [2.05, 4.69) is 5.32 Å². The van der Waals surface area contributed by atoms with Gasteiger partial charge in [0.15, 0.2) is 0 Å². The van der Waals surface area contributed by atoms with E-state index >= 15 is 0 Å². The summed E-state index contributed by atoms with van der Waals surface area (Å²) in [6, 6.07) is 9.17. The lowest BCUT2D eigenvalue weighted by Crippen LogP contribution is -2.52. The van der Waals surface area contributed by atoms with E-state index in [1.165, 1.54) is 23.1 Å². The van der Waals surface area contributed by atoms with Gasteiger partial charge in [0.1, 0.15) is 23.0 Å². The molecular weight excluding hydrogens is 369 g/mol. The summed E-state index contributed by atoms with van der Waals surface area (Å²) < 4.78 is 41.2. The summed E-state index contributed by atoms with van der Waals surface area (Å²) in [5.74, 6) is -3.29. The zero-order valence-electron chi connectivity index (χ0n) is 15.5. The molecule has 0 aliphatic carbocycles. The number of piperidine rings is 1. The van der Waals surface area contributed by atoms with E-state index in [9.17, 15) is 22.8 Å². The zero-order valence-corrected chi connectivity index (χ0v) is 15.5. The number of nitrogens with one attached hydrogen (secondary N) is 1. The molecule has 2 aromatic carbocycles. The Bertz CT molecular complexity index is 883. The van der Waals surface area contributed by atoms with Crippen LogP contribution in [0.1, 0.15) is 35.7 Å². The fourth-order valence-corrected chi connectivity index (χ4v) is 3.50. The van der Waals surface area contributed by atoms with Crippen molar-refractivity contribution >= 4 is 11.8 Å². The van der Waals surface area contributed by atoms with Gasteiger partial charge in [0, 0.05) is 19.6 Å². The standard InChI is InChI=1S/C21H21F3N2O2/c1-21(20(28)25-12-14-5-2-6-15(22)11-14)9-4-10-26(13-21)19(27)18-16(23)7-3-8-17(18)24/h2-3,5-8,11H,4,9-10,12-13H2,1H3,(H,25,28). The molecular formula is C21H21F3N2O2. The Labute approximate surface area is 161 Å². The van der Waals surface area contributed by atoms with Crippen molar-refractivity contribution in [3.63, 3.8) is 0 Å². The average molecular weight is 390 g/mol. The van der Waals surface area contributed by atoms with Gasteiger partial charge in [-0.1, -0.05) is 18.2 Å². The fraction of sp³-hybridized carbons (Fsp3) is 0.333. The second-order valence-corrected chi connectivity index (χ2v) is 7.30. The first-order valence-electron chi connectivity index (χ1n) is 9.06. The van der Waals surface area contributed by atoms with Crippen molar-refractivity contribution in [3.8, 4) is 0 Å². The van der Waals surface area contributed by atoms with Gasteiger partial charge in [-0.05, 0) is 49.6 Å². The number of carbonyl (C=O) groups excluding carboxylic acids is 2. The molecule has 3 rings (SSSR count). The van der Waals surface area contributed by atoms with Crippen molar-refractivity contribution in [2.75, 3.05) is 13.1 Å². The van der Waals surface area contributed by atoms with Crippen LogP contribution in [0.25, 0.3) is 0 Å². The van der Waals surface area contributed by atoms with Crippen LogP contribution in [0.3, 0.4) is 0 Å². The normalized spacial score (nSPS) is 19.4. The van der Waals surface area contributed by atoms with Crippen molar-refractivity contribution in [1.29, 1.82) is 0 Å². The van der Waals surface area contributed by atoms with E-state index in [0.717, 1.165) is 12.1 Å². The number of hydrogen-bond donors (Lipinski definition) is 1. The fourth-order valence-electron chi connectivity index (χ4n) is 3.50. The van der Waals surface area contributed by atoms with Gasteiger partial charge in [0.25, 0.3) is 5.91 Å². The van der Waals surface area contributed by atoms with Gasteiger partial charge >= 0.3 is 0 Å². The summed E-state index contributed by atoms with van der Waals surface area (Å²) in [6.45, 7) is 2.24. The predicted octanol–water partition coefficient (Wildman–Crippen LogP) is 3.66. The Balaban J connectivity index is 1.70. The van der Waals surface area contributed by atoms with Crippen LogP contribution in [-0.2, 0) is 11.3 Å². The number of rotatable bonds is 4. The summed E-state index contributed by atoms with van der Waals surface area (Å²) in [6.07, 6.45) is 1.07. The Morgan fingerprint density at radius 2 is 1.79 bits per heavy atom. The Morgan fingerprint density at radius 1 is 1.11 bits per heavy atom. The number of likely N-dealkylation sites (tertiary alicyclic amines) is 1. The quantitative estimate of drug-likeness (QED) is 0.866. The SMILES string of the molecule is CC1(C(=O)NCc2cccc(F)c2)CCCN(C(=O)c2c(F)cccc2F)C1. The van der Waals surface area contributed by atoms with Gasteiger partial charge in [-0.15, -0.1) is 0 Å². The van der Waals surface area contributed by atoms with E-state index in [1.54, 1.807) is 19.1 Å². The van der Waals surface area contributed by atoms with Crippen molar-refractivity contribution in [2.45, 2.75) is 26.3 Å². The molecule has 7 heteroatoms. The topological polar surface area (TPSA) is 49.4 Å². The molecule has 0 bridgehead atoms. The Morgan fingerprint density at radius 3 is 2.46 bits per heavy atom. The smallest absolute Gasteiger partial charge is 0.259 e. The van der Waals surface area contributed by atoms with Crippen molar-refractivity contribution < 1.29 is 22.8 Å². The summed E-state index contributed by atoms with van der Waals surface area (Å²) in [7, 11) is 0. The van der Waals surface area contributed by atoms with Gasteiger partial charge in [-0.3, -0.25) is 9.59 Å². The molecule has 1 heterocycles. The lowest BCUT2D eigenvalue weighted by atomic mass is 9.80. The minimum atomic E-state index is -0.923. The molecule has 2 aromatic rings. The molecule has 1 saturated heterocycles. The maximum atomic E-state index is 14.0. The molecule has 0 aromatic heterocycles. The third-order valence-corrected chi connectivity index (χ3v) is 5.05. The first-order valence-corrected chi connectivity index (χ1v) is 9.06. The summed E-state index contributed by atoms with van der Waals surface area (Å²) in [4.78, 5) is 26.7. The molecule has 2 amide bonds. The molecule has 0 saturated carbocycles. The first-order chi connectivity index (χ1) is 13.3. The number of carbonyl (C=O) groups is 2. The maximum Gasteiger partial charge on any atom is 0.259 e. The number of hydrogen-bond acceptors (Lipinski definition) is 2. The minimum Gasteiger partial charge on any atom is -0.351 e. The van der Waals surface area contributed by atoms with Crippen LogP contribution >= 0.6 is 0 Å². The highest BCUT2D eigenvalue weighted by Gasteiger charge is 2.40. The van der Waals surface area contributed by atoms with Crippen molar-refractivity contribution in [3.05, 3.63) is 71.0 Å². The van der Waals surface area contributed by atoms with Crippen LogP contribution in [0.5, 0.6) is 0 Å².